The summed E-state index contributed by atoms with van der Waals surface area (Å²) in [5.41, 5.74) is 3.87. The monoisotopic (exact) mass is 838 g/mol. The van der Waals surface area contributed by atoms with Crippen molar-refractivity contribution >= 4 is 65.2 Å². The van der Waals surface area contributed by atoms with Gasteiger partial charge in [0.25, 0.3) is 0 Å². The molecule has 4 N–H and O–H groups in total. The largest absolute Gasteiger partial charge is 0.453 e. The van der Waals surface area contributed by atoms with E-state index in [4.69, 9.17) is 19.4 Å². The number of hydrogen-bond donors (Lipinski definition) is 4. The number of likely N-dealkylation sites (tertiary alicyclic amines) is 1. The van der Waals surface area contributed by atoms with Gasteiger partial charge in [0.15, 0.2) is 0 Å². The van der Waals surface area contributed by atoms with Crippen molar-refractivity contribution in [2.24, 2.45) is 17.3 Å². The zero-order valence-electron chi connectivity index (χ0n) is 35.0. The van der Waals surface area contributed by atoms with E-state index in [-0.39, 0.29) is 41.1 Å². The van der Waals surface area contributed by atoms with Crippen molar-refractivity contribution in [1.29, 1.82) is 0 Å². The number of thiophene rings is 1. The summed E-state index contributed by atoms with van der Waals surface area (Å²) < 4.78 is 9.66. The SMILES string of the molecule is COC(=O)N[C@H](C(=O)N1C[Si](C)(C)CC1c1ncc(-c2ccc(-c3ccc4c(ccc5nc([C@@H]6CC7(CC7)CN6C(=O)[C@@H](NC(=O)OC)C(C)C)[nH]c54)c3)s2)[nH]1)C(C)C. The van der Waals surface area contributed by atoms with E-state index in [0.717, 1.165) is 79.8 Å². The number of aromatic nitrogens is 4. The maximum absolute atomic E-state index is 14.0. The summed E-state index contributed by atoms with van der Waals surface area (Å²) in [5.74, 6) is 1.08. The van der Waals surface area contributed by atoms with Crippen molar-refractivity contribution in [3.05, 3.63) is 60.3 Å². The molecule has 8 rings (SSSR count). The Morgan fingerprint density at radius 3 is 2.15 bits per heavy atom. The molecule has 4 atom stereocenters. The second kappa shape index (κ2) is 15.4. The minimum Gasteiger partial charge on any atom is -0.453 e. The maximum Gasteiger partial charge on any atom is 0.407 e. The number of rotatable bonds is 10. The summed E-state index contributed by atoms with van der Waals surface area (Å²) in [4.78, 5) is 75.2. The Kier molecular flexibility index (Phi) is 10.6. The third-order valence-corrected chi connectivity index (χ3v) is 16.3. The lowest BCUT2D eigenvalue weighted by Gasteiger charge is -2.30. The van der Waals surface area contributed by atoms with Crippen molar-refractivity contribution in [3.8, 4) is 21.0 Å². The molecule has 3 fully saturated rings. The zero-order valence-corrected chi connectivity index (χ0v) is 36.8. The average Bonchev–Trinajstić information content (AvgIpc) is 3.81. The van der Waals surface area contributed by atoms with E-state index in [1.165, 1.54) is 14.2 Å². The van der Waals surface area contributed by atoms with Gasteiger partial charge in [0, 0.05) is 23.0 Å². The number of nitrogens with zero attached hydrogens (tertiary/aromatic N) is 4. The molecule has 5 aromatic rings. The van der Waals surface area contributed by atoms with Gasteiger partial charge in [-0.25, -0.2) is 19.6 Å². The van der Waals surface area contributed by atoms with Crippen LogP contribution in [0.5, 0.6) is 0 Å². The number of hydrogen-bond acceptors (Lipinski definition) is 9. The third kappa shape index (κ3) is 7.84. The van der Waals surface area contributed by atoms with Gasteiger partial charge in [0.2, 0.25) is 11.8 Å². The maximum atomic E-state index is 14.0. The van der Waals surface area contributed by atoms with E-state index >= 15 is 0 Å². The van der Waals surface area contributed by atoms with E-state index in [0.29, 0.717) is 12.7 Å². The molecule has 5 heterocycles. The van der Waals surface area contributed by atoms with Crippen molar-refractivity contribution < 1.29 is 28.7 Å². The van der Waals surface area contributed by atoms with E-state index in [9.17, 15) is 19.2 Å². The highest BCUT2D eigenvalue weighted by Gasteiger charge is 2.55. The first-order valence-electron chi connectivity index (χ1n) is 20.5. The fourth-order valence-electron chi connectivity index (χ4n) is 8.98. The number of imidazole rings is 2. The molecule has 16 heteroatoms. The van der Waals surface area contributed by atoms with Gasteiger partial charge in [-0.15, -0.1) is 11.3 Å². The molecule has 1 unspecified atom stereocenters. The fourth-order valence-corrected chi connectivity index (χ4v) is 12.8. The predicted octanol–water partition coefficient (Wildman–Crippen LogP) is 7.78. The van der Waals surface area contributed by atoms with Gasteiger partial charge in [-0.3, -0.25) is 9.59 Å². The predicted molar refractivity (Wildman–Crippen MR) is 230 cm³/mol. The molecular weight excluding hydrogens is 785 g/mol. The normalized spacial score (nSPS) is 20.4. The van der Waals surface area contributed by atoms with Gasteiger partial charge in [0.05, 0.1) is 62.2 Å². The molecule has 0 radical (unpaired) electrons. The number of nitrogens with one attached hydrogen (secondary N) is 4. The Hall–Kier alpha value is -5.22. The Balaban J connectivity index is 1.02. The van der Waals surface area contributed by atoms with Crippen LogP contribution in [0.4, 0.5) is 9.59 Å². The average molecular weight is 839 g/mol. The summed E-state index contributed by atoms with van der Waals surface area (Å²) in [6.07, 6.45) is 4.31. The van der Waals surface area contributed by atoms with Crippen molar-refractivity contribution in [2.45, 2.75) is 90.3 Å². The number of amides is 4. The number of carbonyl (C=O) groups is 4. The Morgan fingerprint density at radius 2 is 1.51 bits per heavy atom. The van der Waals surface area contributed by atoms with Crippen molar-refractivity contribution in [1.82, 2.24) is 40.4 Å². The van der Waals surface area contributed by atoms with E-state index < -0.39 is 32.3 Å². The molecule has 4 amide bonds. The number of H-pyrrole nitrogens is 2. The van der Waals surface area contributed by atoms with Crippen LogP contribution in [0.3, 0.4) is 0 Å². The molecule has 1 saturated carbocycles. The van der Waals surface area contributed by atoms with Gasteiger partial charge in [-0.05, 0) is 77.8 Å². The quantitative estimate of drug-likeness (QED) is 0.103. The molecule has 14 nitrogen and oxygen atoms in total. The lowest BCUT2D eigenvalue weighted by atomic mass is 10.0. The zero-order chi connectivity index (χ0) is 42.0. The second-order valence-electron chi connectivity index (χ2n) is 18.1. The van der Waals surface area contributed by atoms with Gasteiger partial charge in [-0.1, -0.05) is 59.0 Å². The first-order valence-corrected chi connectivity index (χ1v) is 24.7. The van der Waals surface area contributed by atoms with Gasteiger partial charge in [-0.2, -0.15) is 0 Å². The number of aromatic amines is 2. The van der Waals surface area contributed by atoms with E-state index in [1.54, 1.807) is 11.3 Å². The molecule has 1 aliphatic carbocycles. The Labute approximate surface area is 348 Å². The highest BCUT2D eigenvalue weighted by atomic mass is 32.1. The summed E-state index contributed by atoms with van der Waals surface area (Å²) in [6, 6.07) is 13.9. The Bertz CT molecular complexity index is 2430. The first kappa shape index (κ1) is 40.6. The third-order valence-electron chi connectivity index (χ3n) is 12.4. The standard InChI is InChI=1S/C43H54N8O6SSi/c1-23(2)34(48-41(54)56-5)39(52)50-21-43(15-16-43)18-30(50)38-45-28-12-10-25-17-26(9-11-27(25)36(28)47-38)32-13-14-33(58-32)29-19-44-37(46-29)31-20-59(7,8)22-51(31)40(53)35(24(3)4)49-42(55)57-6/h9-14,17,19,23-24,30-31,34-35H,15-16,18,20-22H2,1-8H3,(H,44,46)(H,45,47)(H,48,54)(H,49,55)/t30-,31?,34-,35-/m0/s1. The molecule has 1 spiro atoms. The van der Waals surface area contributed by atoms with Crippen LogP contribution in [0.1, 0.15) is 70.7 Å². The van der Waals surface area contributed by atoms with Crippen molar-refractivity contribution in [3.63, 3.8) is 0 Å². The highest BCUT2D eigenvalue weighted by Crippen LogP contribution is 2.58. The van der Waals surface area contributed by atoms with Gasteiger partial charge < -0.3 is 39.9 Å². The van der Waals surface area contributed by atoms with Crippen LogP contribution in [-0.2, 0) is 19.1 Å². The minimum absolute atomic E-state index is 0.107. The van der Waals surface area contributed by atoms with E-state index in [2.05, 4.69) is 70.1 Å². The number of methoxy groups -OCH3 is 2. The lowest BCUT2D eigenvalue weighted by Crippen LogP contribution is -2.52. The molecule has 3 aromatic heterocycles. The topological polar surface area (TPSA) is 175 Å². The van der Waals surface area contributed by atoms with Crippen LogP contribution < -0.4 is 10.6 Å². The van der Waals surface area contributed by atoms with Crippen LogP contribution in [0.25, 0.3) is 42.8 Å². The van der Waals surface area contributed by atoms with Gasteiger partial charge >= 0.3 is 12.2 Å². The lowest BCUT2D eigenvalue weighted by molar-refractivity contribution is -0.136. The van der Waals surface area contributed by atoms with Crippen LogP contribution in [-0.4, -0.2) is 101 Å². The van der Waals surface area contributed by atoms with E-state index in [1.807, 2.05) is 49.8 Å². The fraction of sp³-hybridized carbons (Fsp3) is 0.488. The van der Waals surface area contributed by atoms with Crippen molar-refractivity contribution in [2.75, 3.05) is 26.9 Å². The summed E-state index contributed by atoms with van der Waals surface area (Å²) in [5, 5.41) is 7.63. The molecule has 3 aliphatic rings. The molecular formula is C43H54N8O6SSi. The van der Waals surface area contributed by atoms with Crippen LogP contribution in [0, 0.1) is 17.3 Å². The minimum atomic E-state index is -1.76. The van der Waals surface area contributed by atoms with Gasteiger partial charge in [0.1, 0.15) is 23.7 Å². The summed E-state index contributed by atoms with van der Waals surface area (Å²) in [7, 11) is 0.854. The molecule has 0 bridgehead atoms. The molecule has 312 valence electrons. The molecule has 59 heavy (non-hydrogen) atoms. The number of carbonyl (C=O) groups excluding carboxylic acids is 4. The second-order valence-corrected chi connectivity index (χ2v) is 24.3. The van der Waals surface area contributed by atoms with Crippen LogP contribution in [0.2, 0.25) is 19.1 Å². The molecule has 2 aromatic carbocycles. The van der Waals surface area contributed by atoms with Crippen LogP contribution >= 0.6 is 11.3 Å². The number of ether oxygens (including phenoxy) is 2. The summed E-state index contributed by atoms with van der Waals surface area (Å²) in [6.45, 7) is 12.9. The number of benzene rings is 2. The smallest absolute Gasteiger partial charge is 0.407 e. The summed E-state index contributed by atoms with van der Waals surface area (Å²) >= 11 is 1.67. The Morgan fingerprint density at radius 1 is 0.847 bits per heavy atom. The molecule has 2 aliphatic heterocycles. The highest BCUT2D eigenvalue weighted by molar-refractivity contribution is 7.18. The number of fused-ring (bicyclic) bond motifs is 3. The first-order chi connectivity index (χ1) is 28.1. The molecule has 2 saturated heterocycles. The van der Waals surface area contributed by atoms with Crippen LogP contribution in [0.15, 0.2) is 48.7 Å². The number of alkyl carbamates (subject to hydrolysis) is 2.